The number of hydrogen-bond acceptors (Lipinski definition) is 6. The molecule has 0 unspecified atom stereocenters. The fourth-order valence-electron chi connectivity index (χ4n) is 2.72. The topological polar surface area (TPSA) is 81.9 Å². The summed E-state index contributed by atoms with van der Waals surface area (Å²) in [6.07, 6.45) is 4.80. The minimum Gasteiger partial charge on any atom is -0.463 e. The summed E-state index contributed by atoms with van der Waals surface area (Å²) in [5.74, 6) is 0.261. The third kappa shape index (κ3) is 2.81. The first-order chi connectivity index (χ1) is 11.3. The van der Waals surface area contributed by atoms with Gasteiger partial charge in [-0.2, -0.15) is 10.1 Å². The summed E-state index contributed by atoms with van der Waals surface area (Å²) in [6, 6.07) is 5.18. The van der Waals surface area contributed by atoms with Gasteiger partial charge >= 0.3 is 5.97 Å². The lowest BCUT2D eigenvalue weighted by Gasteiger charge is -2.28. The van der Waals surface area contributed by atoms with Crippen molar-refractivity contribution in [2.45, 2.75) is 32.7 Å². The first-order valence-electron chi connectivity index (χ1n) is 7.73. The lowest BCUT2D eigenvalue weighted by molar-refractivity contribution is -0.139. The Morgan fingerprint density at radius 2 is 2.22 bits per heavy atom. The summed E-state index contributed by atoms with van der Waals surface area (Å²) in [7, 11) is 0. The Morgan fingerprint density at radius 3 is 2.91 bits per heavy atom. The highest BCUT2D eigenvalue weighted by atomic mass is 16.5. The molecule has 1 aliphatic heterocycles. The molecule has 0 saturated heterocycles. The number of carbonyl (C=O) groups is 1. The Morgan fingerprint density at radius 1 is 1.35 bits per heavy atom. The zero-order valence-corrected chi connectivity index (χ0v) is 13.2. The second kappa shape index (κ2) is 6.60. The fraction of sp³-hybridized carbons (Fsp3) is 0.375. The molecule has 7 nitrogen and oxygen atoms in total. The second-order valence-electron chi connectivity index (χ2n) is 5.17. The molecule has 1 N–H and O–H groups in total. The lowest BCUT2D eigenvalue weighted by Crippen LogP contribution is -2.31. The van der Waals surface area contributed by atoms with Crippen LogP contribution in [0.15, 0.2) is 42.0 Å². The minimum atomic E-state index is -0.435. The number of rotatable bonds is 5. The van der Waals surface area contributed by atoms with Crippen molar-refractivity contribution in [3.63, 3.8) is 0 Å². The van der Waals surface area contributed by atoms with Gasteiger partial charge < -0.3 is 10.1 Å². The van der Waals surface area contributed by atoms with E-state index < -0.39 is 6.04 Å². The van der Waals surface area contributed by atoms with E-state index in [4.69, 9.17) is 4.74 Å². The Hall–Kier alpha value is -2.70. The highest BCUT2D eigenvalue weighted by Crippen LogP contribution is 2.35. The summed E-state index contributed by atoms with van der Waals surface area (Å²) in [4.78, 5) is 21.2. The second-order valence-corrected chi connectivity index (χ2v) is 5.17. The van der Waals surface area contributed by atoms with Crippen molar-refractivity contribution in [2.24, 2.45) is 0 Å². The van der Waals surface area contributed by atoms with Crippen LogP contribution in [0.5, 0.6) is 0 Å². The van der Waals surface area contributed by atoms with Crippen molar-refractivity contribution in [3.05, 3.63) is 47.7 Å². The van der Waals surface area contributed by atoms with Gasteiger partial charge in [-0.1, -0.05) is 19.4 Å². The van der Waals surface area contributed by atoms with Crippen molar-refractivity contribution in [1.82, 2.24) is 19.7 Å². The van der Waals surface area contributed by atoms with Crippen LogP contribution in [0.3, 0.4) is 0 Å². The van der Waals surface area contributed by atoms with Crippen LogP contribution >= 0.6 is 0 Å². The Kier molecular flexibility index (Phi) is 4.36. The van der Waals surface area contributed by atoms with E-state index >= 15 is 0 Å². The van der Waals surface area contributed by atoms with Crippen molar-refractivity contribution in [2.75, 3.05) is 11.9 Å². The molecule has 0 radical (unpaired) electrons. The molecule has 1 atom stereocenters. The maximum atomic E-state index is 12.6. The predicted molar refractivity (Wildman–Crippen MR) is 84.6 cm³/mol. The van der Waals surface area contributed by atoms with E-state index in [0.717, 1.165) is 24.2 Å². The molecule has 0 fully saturated rings. The van der Waals surface area contributed by atoms with E-state index in [9.17, 15) is 4.79 Å². The van der Waals surface area contributed by atoms with Crippen molar-refractivity contribution in [1.29, 1.82) is 0 Å². The molecule has 7 heteroatoms. The van der Waals surface area contributed by atoms with Gasteiger partial charge in [0.25, 0.3) is 0 Å². The summed E-state index contributed by atoms with van der Waals surface area (Å²) in [5, 5.41) is 7.47. The number of fused-ring (bicyclic) bond motifs is 1. The quantitative estimate of drug-likeness (QED) is 0.853. The monoisotopic (exact) mass is 313 g/mol. The molecule has 0 aromatic carbocycles. The number of nitrogens with zero attached hydrogens (tertiary/aromatic N) is 4. The Bertz CT molecular complexity index is 723. The number of carbonyl (C=O) groups excluding carboxylic acids is 1. The maximum absolute atomic E-state index is 12.6. The van der Waals surface area contributed by atoms with Gasteiger partial charge in [0.05, 0.1) is 17.9 Å². The van der Waals surface area contributed by atoms with Gasteiger partial charge in [-0.05, 0) is 25.5 Å². The number of hydrogen-bond donors (Lipinski definition) is 1. The molecule has 1 aliphatic rings. The van der Waals surface area contributed by atoms with Crippen LogP contribution in [0.2, 0.25) is 0 Å². The van der Waals surface area contributed by atoms with Gasteiger partial charge in [-0.3, -0.25) is 4.98 Å². The molecule has 3 heterocycles. The first-order valence-corrected chi connectivity index (χ1v) is 7.73. The van der Waals surface area contributed by atoms with E-state index in [1.165, 1.54) is 6.33 Å². The fourth-order valence-corrected chi connectivity index (χ4v) is 2.72. The average molecular weight is 313 g/mol. The molecular weight excluding hydrogens is 294 g/mol. The average Bonchev–Trinajstić information content (AvgIpc) is 3.03. The molecule has 0 amide bonds. The molecule has 23 heavy (non-hydrogen) atoms. The van der Waals surface area contributed by atoms with Gasteiger partial charge in [-0.15, -0.1) is 0 Å². The Labute approximate surface area is 134 Å². The van der Waals surface area contributed by atoms with Crippen molar-refractivity contribution in [3.8, 4) is 0 Å². The van der Waals surface area contributed by atoms with Crippen LogP contribution in [-0.4, -0.2) is 32.3 Å². The number of pyridine rings is 1. The van der Waals surface area contributed by atoms with Gasteiger partial charge in [0, 0.05) is 11.9 Å². The smallest absolute Gasteiger partial charge is 0.338 e. The highest BCUT2D eigenvalue weighted by Gasteiger charge is 2.35. The van der Waals surface area contributed by atoms with Crippen LogP contribution in [-0.2, 0) is 9.53 Å². The van der Waals surface area contributed by atoms with E-state index in [1.807, 2.05) is 18.2 Å². The largest absolute Gasteiger partial charge is 0.463 e. The number of ether oxygens (including phenoxy) is 1. The van der Waals surface area contributed by atoms with E-state index in [1.54, 1.807) is 17.8 Å². The minimum absolute atomic E-state index is 0.320. The molecule has 3 rings (SSSR count). The molecule has 0 spiro atoms. The van der Waals surface area contributed by atoms with Gasteiger partial charge in [0.2, 0.25) is 5.95 Å². The third-order valence-corrected chi connectivity index (χ3v) is 3.64. The number of anilines is 1. The molecule has 0 bridgehead atoms. The standard InChI is InChI=1S/C16H19N5O2/c1-3-7-11-13(15(22)23-4-2)14(12-8-5-6-9-17-12)21-16(20-11)18-10-19-21/h5-6,8-10,14H,3-4,7H2,1-2H3,(H,18,19,20)/t14-/m1/s1. The zero-order chi connectivity index (χ0) is 16.2. The third-order valence-electron chi connectivity index (χ3n) is 3.64. The molecule has 120 valence electrons. The Balaban J connectivity index is 2.15. The number of aromatic nitrogens is 4. The normalized spacial score (nSPS) is 16.7. The van der Waals surface area contributed by atoms with Gasteiger partial charge in [0.15, 0.2) is 0 Å². The number of nitrogens with one attached hydrogen (secondary N) is 1. The molecule has 0 aliphatic carbocycles. The predicted octanol–water partition coefficient (Wildman–Crippen LogP) is 2.31. The van der Waals surface area contributed by atoms with Crippen LogP contribution in [0.25, 0.3) is 0 Å². The zero-order valence-electron chi connectivity index (χ0n) is 13.2. The summed E-state index contributed by atoms with van der Waals surface area (Å²) in [5.41, 5.74) is 2.10. The van der Waals surface area contributed by atoms with E-state index in [2.05, 4.69) is 27.3 Å². The summed E-state index contributed by atoms with van der Waals surface area (Å²) >= 11 is 0. The summed E-state index contributed by atoms with van der Waals surface area (Å²) < 4.78 is 6.95. The molecular formula is C16H19N5O2. The van der Waals surface area contributed by atoms with Crippen LogP contribution in [0.1, 0.15) is 38.4 Å². The molecule has 0 saturated carbocycles. The van der Waals surface area contributed by atoms with Crippen LogP contribution in [0, 0.1) is 0 Å². The van der Waals surface area contributed by atoms with E-state index in [-0.39, 0.29) is 5.97 Å². The highest BCUT2D eigenvalue weighted by molar-refractivity contribution is 5.92. The first kappa shape index (κ1) is 15.2. The van der Waals surface area contributed by atoms with Crippen molar-refractivity contribution >= 4 is 11.9 Å². The molecule has 2 aromatic rings. The van der Waals surface area contributed by atoms with Crippen LogP contribution in [0.4, 0.5) is 5.95 Å². The van der Waals surface area contributed by atoms with Crippen LogP contribution < -0.4 is 5.32 Å². The maximum Gasteiger partial charge on any atom is 0.338 e. The lowest BCUT2D eigenvalue weighted by atomic mass is 9.97. The van der Waals surface area contributed by atoms with Gasteiger partial charge in [0.1, 0.15) is 12.4 Å². The molecule has 2 aromatic heterocycles. The number of esters is 1. The number of allylic oxidation sites excluding steroid dienone is 1. The van der Waals surface area contributed by atoms with Crippen molar-refractivity contribution < 1.29 is 9.53 Å². The van der Waals surface area contributed by atoms with E-state index in [0.29, 0.717) is 18.1 Å². The van der Waals surface area contributed by atoms with Gasteiger partial charge in [-0.25, -0.2) is 9.48 Å². The SMILES string of the molecule is CCCC1=C(C(=O)OCC)[C@@H](c2ccccn2)n2ncnc2N1. The summed E-state index contributed by atoms with van der Waals surface area (Å²) in [6.45, 7) is 4.18.